The van der Waals surface area contributed by atoms with Crippen LogP contribution in [0, 0.1) is 6.92 Å². The van der Waals surface area contributed by atoms with Crippen LogP contribution in [0.4, 0.5) is 17.6 Å². The maximum atomic E-state index is 5.45. The zero-order chi connectivity index (χ0) is 20.5. The molecule has 9 heteroatoms. The van der Waals surface area contributed by atoms with Gasteiger partial charge in [-0.3, -0.25) is 0 Å². The van der Waals surface area contributed by atoms with E-state index in [1.54, 1.807) is 0 Å². The van der Waals surface area contributed by atoms with Gasteiger partial charge in [-0.05, 0) is 31.9 Å². The van der Waals surface area contributed by atoms with Crippen molar-refractivity contribution in [3.05, 3.63) is 36.4 Å². The minimum atomic E-state index is 0.359. The molecule has 0 N–H and O–H groups in total. The van der Waals surface area contributed by atoms with E-state index >= 15 is 0 Å². The van der Waals surface area contributed by atoms with Gasteiger partial charge in [-0.1, -0.05) is 0 Å². The Morgan fingerprint density at radius 1 is 1.10 bits per heavy atom. The summed E-state index contributed by atoms with van der Waals surface area (Å²) in [6, 6.07) is 4.47. The first-order valence-electron chi connectivity index (χ1n) is 10.6. The summed E-state index contributed by atoms with van der Waals surface area (Å²) in [6.07, 6.45) is 7.85. The molecule has 0 aliphatic carbocycles. The molecule has 0 spiro atoms. The second-order valence-electron chi connectivity index (χ2n) is 8.03. The maximum Gasteiger partial charge on any atom is 0.227 e. The van der Waals surface area contributed by atoms with Gasteiger partial charge in [0.2, 0.25) is 5.95 Å². The second kappa shape index (κ2) is 8.06. The fourth-order valence-corrected chi connectivity index (χ4v) is 4.38. The number of anilines is 3. The predicted octanol–water partition coefficient (Wildman–Crippen LogP) is 1.77. The zero-order valence-electron chi connectivity index (χ0n) is 17.6. The average Bonchev–Trinajstić information content (AvgIpc) is 3.19. The van der Waals surface area contributed by atoms with Crippen molar-refractivity contribution in [2.75, 3.05) is 61.1 Å². The van der Waals surface area contributed by atoms with Gasteiger partial charge in [0, 0.05) is 57.9 Å². The summed E-state index contributed by atoms with van der Waals surface area (Å²) >= 11 is 0. The Morgan fingerprint density at radius 3 is 2.83 bits per heavy atom. The minimum absolute atomic E-state index is 0.359. The number of likely N-dealkylation sites (N-methyl/N-ethyl adjacent to an activating group) is 1. The van der Waals surface area contributed by atoms with Crippen LogP contribution in [0.3, 0.4) is 0 Å². The summed E-state index contributed by atoms with van der Waals surface area (Å²) in [5.41, 5.74) is 2.07. The van der Waals surface area contributed by atoms with Gasteiger partial charge in [0.15, 0.2) is 5.82 Å². The molecule has 0 amide bonds. The summed E-state index contributed by atoms with van der Waals surface area (Å²) in [6.45, 7) is 7.07. The van der Waals surface area contributed by atoms with E-state index < -0.39 is 0 Å². The van der Waals surface area contributed by atoms with E-state index in [4.69, 9.17) is 9.72 Å². The summed E-state index contributed by atoms with van der Waals surface area (Å²) in [7, 11) is 2.14. The van der Waals surface area contributed by atoms with Crippen LogP contribution in [0.5, 0.6) is 0 Å². The van der Waals surface area contributed by atoms with Gasteiger partial charge in [-0.15, -0.1) is 0 Å². The first-order valence-corrected chi connectivity index (χ1v) is 10.6. The summed E-state index contributed by atoms with van der Waals surface area (Å²) in [5, 5.41) is 4.53. The molecule has 2 saturated heterocycles. The van der Waals surface area contributed by atoms with Crippen LogP contribution in [0.15, 0.2) is 30.7 Å². The van der Waals surface area contributed by atoms with Crippen molar-refractivity contribution in [2.45, 2.75) is 25.8 Å². The quantitative estimate of drug-likeness (QED) is 0.647. The lowest BCUT2D eigenvalue weighted by molar-refractivity contribution is 0.122. The van der Waals surface area contributed by atoms with Crippen molar-refractivity contribution in [3.63, 3.8) is 0 Å². The SMILES string of the molecule is Cc1cc2c(N3CCCC(N(C)c4ccnc(N5CCOCC5)n4)C3)nccn2n1. The number of hydrogen-bond donors (Lipinski definition) is 0. The van der Waals surface area contributed by atoms with E-state index in [9.17, 15) is 0 Å². The van der Waals surface area contributed by atoms with Crippen molar-refractivity contribution >= 4 is 23.1 Å². The molecule has 2 aliphatic heterocycles. The third-order valence-electron chi connectivity index (χ3n) is 6.02. The monoisotopic (exact) mass is 408 g/mol. The lowest BCUT2D eigenvalue weighted by Gasteiger charge is -2.39. The zero-order valence-corrected chi connectivity index (χ0v) is 17.6. The van der Waals surface area contributed by atoms with Crippen LogP contribution < -0.4 is 14.7 Å². The van der Waals surface area contributed by atoms with Gasteiger partial charge in [0.05, 0.1) is 18.9 Å². The Labute approximate surface area is 176 Å². The topological polar surface area (TPSA) is 74.9 Å². The minimum Gasteiger partial charge on any atom is -0.378 e. The van der Waals surface area contributed by atoms with Crippen LogP contribution in [0.1, 0.15) is 18.5 Å². The van der Waals surface area contributed by atoms with Gasteiger partial charge >= 0.3 is 0 Å². The summed E-state index contributed by atoms with van der Waals surface area (Å²) in [4.78, 5) is 20.9. The van der Waals surface area contributed by atoms with Crippen LogP contribution in [-0.4, -0.2) is 77.0 Å². The Balaban J connectivity index is 1.35. The molecule has 2 fully saturated rings. The van der Waals surface area contributed by atoms with Crippen LogP contribution >= 0.6 is 0 Å². The number of aromatic nitrogens is 5. The number of piperidine rings is 1. The standard InChI is InChI=1S/C21H28N8O/c1-16-14-18-20(22-7-9-29(18)25-16)28-8-3-4-17(15-28)26(2)19-5-6-23-21(24-19)27-10-12-30-13-11-27/h5-7,9,14,17H,3-4,8,10-13,15H2,1-2H3. The highest BCUT2D eigenvalue weighted by atomic mass is 16.5. The Hall–Kier alpha value is -2.94. The highest BCUT2D eigenvalue weighted by Crippen LogP contribution is 2.27. The first-order chi connectivity index (χ1) is 14.7. The molecule has 1 unspecified atom stereocenters. The van der Waals surface area contributed by atoms with Crippen molar-refractivity contribution < 1.29 is 4.74 Å². The molecule has 9 nitrogen and oxygen atoms in total. The largest absolute Gasteiger partial charge is 0.378 e. The number of hydrogen-bond acceptors (Lipinski definition) is 8. The molecule has 0 aromatic carbocycles. The van der Waals surface area contributed by atoms with E-state index in [1.807, 2.05) is 36.1 Å². The van der Waals surface area contributed by atoms with Gasteiger partial charge in [0.25, 0.3) is 0 Å². The first kappa shape index (κ1) is 19.0. The van der Waals surface area contributed by atoms with E-state index in [2.05, 4.69) is 42.9 Å². The number of rotatable bonds is 4. The van der Waals surface area contributed by atoms with Gasteiger partial charge in [0.1, 0.15) is 11.3 Å². The van der Waals surface area contributed by atoms with E-state index in [1.165, 1.54) is 0 Å². The highest BCUT2D eigenvalue weighted by Gasteiger charge is 2.27. The molecule has 30 heavy (non-hydrogen) atoms. The molecule has 158 valence electrons. The number of nitrogens with zero attached hydrogens (tertiary/aromatic N) is 8. The van der Waals surface area contributed by atoms with Gasteiger partial charge in [-0.25, -0.2) is 14.5 Å². The molecule has 2 aliphatic rings. The van der Waals surface area contributed by atoms with Crippen molar-refractivity contribution in [1.82, 2.24) is 24.6 Å². The second-order valence-corrected chi connectivity index (χ2v) is 8.03. The predicted molar refractivity (Wildman–Crippen MR) is 116 cm³/mol. The molecule has 0 saturated carbocycles. The maximum absolute atomic E-state index is 5.45. The number of morpholine rings is 1. The molecule has 0 bridgehead atoms. The number of fused-ring (bicyclic) bond motifs is 1. The van der Waals surface area contributed by atoms with E-state index in [0.29, 0.717) is 6.04 Å². The third-order valence-corrected chi connectivity index (χ3v) is 6.02. The molecular formula is C21H28N8O. The Kier molecular flexibility index (Phi) is 5.12. The van der Waals surface area contributed by atoms with E-state index in [0.717, 1.165) is 81.0 Å². The Bertz CT molecular complexity index is 1020. The van der Waals surface area contributed by atoms with Crippen molar-refractivity contribution in [3.8, 4) is 0 Å². The van der Waals surface area contributed by atoms with Crippen LogP contribution in [0.25, 0.3) is 5.52 Å². The Morgan fingerprint density at radius 2 is 1.97 bits per heavy atom. The average molecular weight is 409 g/mol. The van der Waals surface area contributed by atoms with Crippen molar-refractivity contribution in [2.24, 2.45) is 0 Å². The molecule has 3 aromatic heterocycles. The number of aryl methyl sites for hydroxylation is 1. The van der Waals surface area contributed by atoms with Crippen LogP contribution in [-0.2, 0) is 4.74 Å². The smallest absolute Gasteiger partial charge is 0.227 e. The molecule has 5 heterocycles. The fraction of sp³-hybridized carbons (Fsp3) is 0.524. The van der Waals surface area contributed by atoms with Crippen LogP contribution in [0.2, 0.25) is 0 Å². The molecule has 5 rings (SSSR count). The molecule has 0 radical (unpaired) electrons. The number of ether oxygens (including phenoxy) is 1. The summed E-state index contributed by atoms with van der Waals surface area (Å²) in [5.74, 6) is 2.76. The molecular weight excluding hydrogens is 380 g/mol. The lowest BCUT2D eigenvalue weighted by atomic mass is 10.0. The molecule has 1 atom stereocenters. The van der Waals surface area contributed by atoms with E-state index in [-0.39, 0.29) is 0 Å². The third kappa shape index (κ3) is 3.65. The normalized spacial score (nSPS) is 20.0. The fourth-order valence-electron chi connectivity index (χ4n) is 4.38. The lowest BCUT2D eigenvalue weighted by Crippen LogP contribution is -2.47. The summed E-state index contributed by atoms with van der Waals surface area (Å²) < 4.78 is 7.38. The van der Waals surface area contributed by atoms with Gasteiger partial charge < -0.3 is 19.4 Å². The van der Waals surface area contributed by atoms with Gasteiger partial charge in [-0.2, -0.15) is 10.1 Å². The van der Waals surface area contributed by atoms with Crippen molar-refractivity contribution in [1.29, 1.82) is 0 Å². The molecule has 3 aromatic rings. The highest BCUT2D eigenvalue weighted by molar-refractivity contribution is 5.69.